The van der Waals surface area contributed by atoms with Crippen molar-refractivity contribution in [2.45, 2.75) is 6.42 Å². The molecule has 1 aromatic carbocycles. The second-order valence-corrected chi connectivity index (χ2v) is 4.44. The number of hydrogen-bond donors (Lipinski definition) is 3. The number of carbonyl (C=O) groups is 2. The summed E-state index contributed by atoms with van der Waals surface area (Å²) < 4.78 is 5.18. The average molecular weight is 279 g/mol. The van der Waals surface area contributed by atoms with Gasteiger partial charge in [-0.05, 0) is 17.7 Å². The lowest BCUT2D eigenvalue weighted by Gasteiger charge is -2.26. The van der Waals surface area contributed by atoms with Crippen molar-refractivity contribution in [1.29, 1.82) is 0 Å². The molecule has 1 saturated heterocycles. The first-order valence-corrected chi connectivity index (χ1v) is 6.34. The van der Waals surface area contributed by atoms with E-state index >= 15 is 0 Å². The first kappa shape index (κ1) is 14.3. The van der Waals surface area contributed by atoms with E-state index in [0.717, 1.165) is 0 Å². The summed E-state index contributed by atoms with van der Waals surface area (Å²) >= 11 is 0. The minimum atomic E-state index is -0.903. The maximum atomic E-state index is 11.8. The van der Waals surface area contributed by atoms with Crippen molar-refractivity contribution < 1.29 is 19.4 Å². The van der Waals surface area contributed by atoms with Crippen LogP contribution >= 0.6 is 0 Å². The molecule has 0 radical (unpaired) electrons. The normalized spacial score (nSPS) is 15.6. The Balaban J connectivity index is 1.88. The zero-order chi connectivity index (χ0) is 14.4. The second-order valence-electron chi connectivity index (χ2n) is 4.44. The highest BCUT2D eigenvalue weighted by molar-refractivity contribution is 5.89. The lowest BCUT2D eigenvalue weighted by Crippen LogP contribution is -2.49. The number of ether oxygens (including phenoxy) is 1. The number of hydrogen-bond acceptors (Lipinski definition) is 4. The molecule has 7 heteroatoms. The molecule has 0 atom stereocenters. The molecule has 108 valence electrons. The highest BCUT2D eigenvalue weighted by Crippen LogP contribution is 2.11. The Morgan fingerprint density at radius 2 is 2.05 bits per heavy atom. The number of rotatable bonds is 4. The minimum Gasteiger partial charge on any atom is -0.481 e. The zero-order valence-electron chi connectivity index (χ0n) is 11.0. The molecule has 1 aliphatic rings. The molecule has 2 rings (SSSR count). The van der Waals surface area contributed by atoms with E-state index in [4.69, 9.17) is 9.84 Å². The molecule has 0 bridgehead atoms. The molecular formula is C13H17N3O4. The van der Waals surface area contributed by atoms with E-state index in [2.05, 4.69) is 10.7 Å². The summed E-state index contributed by atoms with van der Waals surface area (Å²) in [6.07, 6.45) is -0.0688. The van der Waals surface area contributed by atoms with Crippen molar-refractivity contribution in [1.82, 2.24) is 10.4 Å². The topological polar surface area (TPSA) is 90.9 Å². The van der Waals surface area contributed by atoms with Gasteiger partial charge >= 0.3 is 12.0 Å². The fraction of sp³-hybridized carbons (Fsp3) is 0.385. The Hall–Kier alpha value is -2.12. The fourth-order valence-electron chi connectivity index (χ4n) is 1.91. The first-order valence-electron chi connectivity index (χ1n) is 6.34. The number of carboxylic acids is 1. The van der Waals surface area contributed by atoms with Gasteiger partial charge in [-0.25, -0.2) is 9.80 Å². The number of morpholine rings is 1. The lowest BCUT2D eigenvalue weighted by atomic mass is 10.1. The quantitative estimate of drug-likeness (QED) is 0.754. The Labute approximate surface area is 116 Å². The van der Waals surface area contributed by atoms with Crippen molar-refractivity contribution in [2.24, 2.45) is 0 Å². The Bertz CT molecular complexity index is 486. The van der Waals surface area contributed by atoms with Gasteiger partial charge in [0.25, 0.3) is 0 Å². The maximum absolute atomic E-state index is 11.8. The number of benzene rings is 1. The van der Waals surface area contributed by atoms with E-state index in [0.29, 0.717) is 37.6 Å². The van der Waals surface area contributed by atoms with Crippen LogP contribution in [0.3, 0.4) is 0 Å². The van der Waals surface area contributed by atoms with Crippen LogP contribution in [0.1, 0.15) is 5.56 Å². The van der Waals surface area contributed by atoms with Gasteiger partial charge in [0.1, 0.15) is 0 Å². The minimum absolute atomic E-state index is 0.0688. The van der Waals surface area contributed by atoms with Crippen LogP contribution < -0.4 is 10.7 Å². The number of amides is 2. The Kier molecular flexibility index (Phi) is 4.91. The SMILES string of the molecule is O=C(O)Cc1cccc(NC(=O)NN2CCOCC2)c1. The van der Waals surface area contributed by atoms with Crippen molar-refractivity contribution in [3.63, 3.8) is 0 Å². The number of anilines is 1. The smallest absolute Gasteiger partial charge is 0.333 e. The molecule has 0 unspecified atom stereocenters. The molecule has 1 heterocycles. The third kappa shape index (κ3) is 4.52. The zero-order valence-corrected chi connectivity index (χ0v) is 11.0. The number of nitrogens with zero attached hydrogens (tertiary/aromatic N) is 1. The van der Waals surface area contributed by atoms with Gasteiger partial charge in [-0.15, -0.1) is 0 Å². The van der Waals surface area contributed by atoms with Crippen LogP contribution in [0.2, 0.25) is 0 Å². The molecule has 1 aliphatic heterocycles. The van der Waals surface area contributed by atoms with Crippen molar-refractivity contribution in [3.8, 4) is 0 Å². The first-order chi connectivity index (χ1) is 9.63. The van der Waals surface area contributed by atoms with Gasteiger partial charge in [0.2, 0.25) is 0 Å². The van der Waals surface area contributed by atoms with Gasteiger partial charge in [-0.3, -0.25) is 10.2 Å². The summed E-state index contributed by atoms with van der Waals surface area (Å²) in [5.41, 5.74) is 3.92. The predicted octanol–water partition coefficient (Wildman–Crippen LogP) is 0.682. The van der Waals surface area contributed by atoms with Crippen LogP contribution in [0.15, 0.2) is 24.3 Å². The van der Waals surface area contributed by atoms with E-state index < -0.39 is 5.97 Å². The third-order valence-electron chi connectivity index (χ3n) is 2.81. The number of aliphatic carboxylic acids is 1. The number of hydrazine groups is 1. The standard InChI is InChI=1S/C13H17N3O4/c17-12(18)9-10-2-1-3-11(8-10)14-13(19)15-16-4-6-20-7-5-16/h1-3,8H,4-7,9H2,(H,17,18)(H2,14,15,19). The van der Waals surface area contributed by atoms with Crippen LogP contribution in [-0.4, -0.2) is 48.4 Å². The summed E-state index contributed by atoms with van der Waals surface area (Å²) in [6, 6.07) is 6.43. The van der Waals surface area contributed by atoms with Gasteiger partial charge < -0.3 is 15.2 Å². The van der Waals surface area contributed by atoms with Gasteiger partial charge in [0.15, 0.2) is 0 Å². The second kappa shape index (κ2) is 6.88. The Morgan fingerprint density at radius 1 is 1.30 bits per heavy atom. The molecule has 1 aromatic rings. The predicted molar refractivity (Wildman–Crippen MR) is 72.3 cm³/mol. The summed E-state index contributed by atoms with van der Waals surface area (Å²) in [7, 11) is 0. The molecule has 1 fully saturated rings. The number of nitrogens with one attached hydrogen (secondary N) is 2. The number of urea groups is 1. The van der Waals surface area contributed by atoms with Gasteiger partial charge in [-0.2, -0.15) is 0 Å². The largest absolute Gasteiger partial charge is 0.481 e. The number of carbonyl (C=O) groups excluding carboxylic acids is 1. The average Bonchev–Trinajstić information content (AvgIpc) is 2.39. The van der Waals surface area contributed by atoms with Crippen LogP contribution in [0.5, 0.6) is 0 Å². The molecule has 0 saturated carbocycles. The monoisotopic (exact) mass is 279 g/mol. The van der Waals surface area contributed by atoms with E-state index in [9.17, 15) is 9.59 Å². The molecule has 3 N–H and O–H groups in total. The molecule has 0 aliphatic carbocycles. The summed E-state index contributed by atoms with van der Waals surface area (Å²) in [6.45, 7) is 2.47. The van der Waals surface area contributed by atoms with Gasteiger partial charge in [0, 0.05) is 18.8 Å². The molecule has 20 heavy (non-hydrogen) atoms. The maximum Gasteiger partial charge on any atom is 0.333 e. The third-order valence-corrected chi connectivity index (χ3v) is 2.81. The Morgan fingerprint density at radius 3 is 2.75 bits per heavy atom. The fourth-order valence-corrected chi connectivity index (χ4v) is 1.91. The van der Waals surface area contributed by atoms with E-state index in [-0.39, 0.29) is 12.5 Å². The lowest BCUT2D eigenvalue weighted by molar-refractivity contribution is -0.136. The van der Waals surface area contributed by atoms with E-state index in [1.165, 1.54) is 0 Å². The van der Waals surface area contributed by atoms with Crippen molar-refractivity contribution >= 4 is 17.7 Å². The highest BCUT2D eigenvalue weighted by atomic mass is 16.5. The van der Waals surface area contributed by atoms with Crippen LogP contribution in [0.4, 0.5) is 10.5 Å². The van der Waals surface area contributed by atoms with Gasteiger partial charge in [-0.1, -0.05) is 12.1 Å². The number of carboxylic acid groups (broad SMARTS) is 1. The summed E-state index contributed by atoms with van der Waals surface area (Å²) in [5, 5.41) is 13.2. The van der Waals surface area contributed by atoms with Crippen molar-refractivity contribution in [3.05, 3.63) is 29.8 Å². The summed E-state index contributed by atoms with van der Waals surface area (Å²) in [4.78, 5) is 22.4. The molecule has 2 amide bonds. The summed E-state index contributed by atoms with van der Waals surface area (Å²) in [5.74, 6) is -0.903. The molecule has 0 spiro atoms. The molecule has 7 nitrogen and oxygen atoms in total. The molecular weight excluding hydrogens is 262 g/mol. The van der Waals surface area contributed by atoms with Gasteiger partial charge in [0.05, 0.1) is 19.6 Å². The van der Waals surface area contributed by atoms with E-state index in [1.807, 2.05) is 0 Å². The van der Waals surface area contributed by atoms with Crippen LogP contribution in [-0.2, 0) is 16.0 Å². The van der Waals surface area contributed by atoms with Crippen LogP contribution in [0, 0.1) is 0 Å². The van der Waals surface area contributed by atoms with Crippen molar-refractivity contribution in [2.75, 3.05) is 31.6 Å². The van der Waals surface area contributed by atoms with Crippen LogP contribution in [0.25, 0.3) is 0 Å². The van der Waals surface area contributed by atoms with E-state index in [1.54, 1.807) is 29.3 Å². The highest BCUT2D eigenvalue weighted by Gasteiger charge is 2.13. The molecule has 0 aromatic heterocycles.